The molecule has 1 aromatic carbocycles. The molecule has 1 aliphatic rings. The Hall–Kier alpha value is -0.710. The number of benzene rings is 1. The normalized spacial score (nSPS) is 18.3. The van der Waals surface area contributed by atoms with Crippen LogP contribution in [0.5, 0.6) is 0 Å². The molecule has 1 fully saturated rings. The van der Waals surface area contributed by atoms with Gasteiger partial charge in [-0.2, -0.15) is 11.8 Å². The van der Waals surface area contributed by atoms with E-state index in [0.29, 0.717) is 0 Å². The lowest BCUT2D eigenvalue weighted by molar-refractivity contribution is -0.135. The minimum atomic E-state index is -0.215. The van der Waals surface area contributed by atoms with Gasteiger partial charge < -0.3 is 10.6 Å². The third-order valence-corrected chi connectivity index (χ3v) is 4.38. The number of carbonyl (C=O) groups is 1. The topological polar surface area (TPSA) is 46.3 Å². The van der Waals surface area contributed by atoms with Crippen LogP contribution in [-0.4, -0.2) is 35.4 Å². The number of hydrogen-bond acceptors (Lipinski definition) is 3. The second kappa shape index (κ2) is 7.78. The predicted octanol–water partition coefficient (Wildman–Crippen LogP) is 2.32. The Balaban J connectivity index is 0.00000180. The van der Waals surface area contributed by atoms with Crippen LogP contribution in [0.25, 0.3) is 0 Å². The predicted molar refractivity (Wildman–Crippen MR) is 83.7 cm³/mol. The average molecular weight is 301 g/mol. The van der Waals surface area contributed by atoms with Crippen LogP contribution < -0.4 is 5.73 Å². The Labute approximate surface area is 125 Å². The van der Waals surface area contributed by atoms with Gasteiger partial charge in [0.2, 0.25) is 5.91 Å². The van der Waals surface area contributed by atoms with E-state index in [1.54, 1.807) is 0 Å². The molecule has 1 saturated heterocycles. The maximum atomic E-state index is 12.3. The summed E-state index contributed by atoms with van der Waals surface area (Å²) in [5, 5.41) is 0. The van der Waals surface area contributed by atoms with Crippen LogP contribution in [0.15, 0.2) is 30.3 Å². The van der Waals surface area contributed by atoms with Crippen molar-refractivity contribution in [2.45, 2.75) is 13.0 Å². The van der Waals surface area contributed by atoms with Gasteiger partial charge in [0.05, 0.1) is 5.92 Å². The lowest BCUT2D eigenvalue weighted by atomic mass is 9.94. The molecule has 2 unspecified atom stereocenters. The van der Waals surface area contributed by atoms with Gasteiger partial charge >= 0.3 is 0 Å². The van der Waals surface area contributed by atoms with E-state index < -0.39 is 0 Å². The maximum Gasteiger partial charge on any atom is 0.227 e. The van der Waals surface area contributed by atoms with Crippen molar-refractivity contribution in [3.05, 3.63) is 35.9 Å². The van der Waals surface area contributed by atoms with Crippen molar-refractivity contribution in [3.8, 4) is 0 Å². The van der Waals surface area contributed by atoms with Crippen molar-refractivity contribution < 1.29 is 4.79 Å². The van der Waals surface area contributed by atoms with Gasteiger partial charge in [-0.3, -0.25) is 4.79 Å². The van der Waals surface area contributed by atoms with Crippen molar-refractivity contribution in [1.29, 1.82) is 0 Å². The molecule has 0 bridgehead atoms. The van der Waals surface area contributed by atoms with Gasteiger partial charge in [-0.1, -0.05) is 37.3 Å². The zero-order chi connectivity index (χ0) is 13.0. The first kappa shape index (κ1) is 16.3. The van der Waals surface area contributed by atoms with E-state index >= 15 is 0 Å². The number of rotatable bonds is 3. The molecule has 0 radical (unpaired) electrons. The third kappa shape index (κ3) is 4.13. The molecule has 1 heterocycles. The lowest BCUT2D eigenvalue weighted by Crippen LogP contribution is -2.43. The summed E-state index contributed by atoms with van der Waals surface area (Å²) in [6.07, 6.45) is 0. The highest BCUT2D eigenvalue weighted by Crippen LogP contribution is 2.22. The molecule has 2 atom stereocenters. The SMILES string of the molecule is CC(C(=O)N1CCSCC1)C(N)c1ccccc1.Cl. The van der Waals surface area contributed by atoms with Crippen LogP contribution in [0.3, 0.4) is 0 Å². The first-order valence-electron chi connectivity index (χ1n) is 6.37. The third-order valence-electron chi connectivity index (χ3n) is 3.44. The minimum Gasteiger partial charge on any atom is -0.341 e. The van der Waals surface area contributed by atoms with Crippen molar-refractivity contribution >= 4 is 30.1 Å². The summed E-state index contributed by atoms with van der Waals surface area (Å²) >= 11 is 1.91. The van der Waals surface area contributed by atoms with Gasteiger partial charge in [0.25, 0.3) is 0 Å². The van der Waals surface area contributed by atoms with E-state index in [0.717, 1.165) is 30.2 Å². The molecular weight excluding hydrogens is 280 g/mol. The summed E-state index contributed by atoms with van der Waals surface area (Å²) < 4.78 is 0. The number of nitrogens with two attached hydrogens (primary N) is 1. The highest BCUT2D eigenvalue weighted by Gasteiger charge is 2.27. The summed E-state index contributed by atoms with van der Waals surface area (Å²) in [7, 11) is 0. The summed E-state index contributed by atoms with van der Waals surface area (Å²) in [5.74, 6) is 2.11. The molecule has 106 valence electrons. The van der Waals surface area contributed by atoms with Crippen molar-refractivity contribution in [3.63, 3.8) is 0 Å². The molecule has 0 aliphatic carbocycles. The molecule has 0 spiro atoms. The van der Waals surface area contributed by atoms with E-state index in [2.05, 4.69) is 0 Å². The number of carbonyl (C=O) groups excluding carboxylic acids is 1. The Morgan fingerprint density at radius 1 is 1.26 bits per heavy atom. The molecule has 2 rings (SSSR count). The quantitative estimate of drug-likeness (QED) is 0.932. The fourth-order valence-corrected chi connectivity index (χ4v) is 3.09. The van der Waals surface area contributed by atoms with Gasteiger partial charge in [0.1, 0.15) is 0 Å². The number of hydrogen-bond donors (Lipinski definition) is 1. The highest BCUT2D eigenvalue weighted by molar-refractivity contribution is 7.99. The first-order valence-corrected chi connectivity index (χ1v) is 7.52. The minimum absolute atomic E-state index is 0. The van der Waals surface area contributed by atoms with Crippen LogP contribution in [-0.2, 0) is 4.79 Å². The van der Waals surface area contributed by atoms with E-state index in [1.807, 2.05) is 53.9 Å². The molecule has 0 aromatic heterocycles. The second-order valence-corrected chi connectivity index (χ2v) is 5.89. The van der Waals surface area contributed by atoms with Crippen molar-refractivity contribution in [1.82, 2.24) is 4.90 Å². The van der Waals surface area contributed by atoms with Gasteiger partial charge in [-0.05, 0) is 5.56 Å². The number of halogens is 1. The summed E-state index contributed by atoms with van der Waals surface area (Å²) in [4.78, 5) is 14.3. The molecule has 19 heavy (non-hydrogen) atoms. The molecule has 1 amide bonds. The Morgan fingerprint density at radius 2 is 1.84 bits per heavy atom. The van der Waals surface area contributed by atoms with E-state index in [4.69, 9.17) is 5.73 Å². The summed E-state index contributed by atoms with van der Waals surface area (Å²) in [6, 6.07) is 9.65. The largest absolute Gasteiger partial charge is 0.341 e. The van der Waals surface area contributed by atoms with Gasteiger partial charge in [-0.25, -0.2) is 0 Å². The Bertz CT molecular complexity index is 396. The molecule has 0 saturated carbocycles. The Morgan fingerprint density at radius 3 is 2.42 bits per heavy atom. The van der Waals surface area contributed by atoms with Crippen LogP contribution in [0.4, 0.5) is 0 Å². The molecule has 1 aliphatic heterocycles. The fourth-order valence-electron chi connectivity index (χ4n) is 2.19. The zero-order valence-electron chi connectivity index (χ0n) is 11.1. The standard InChI is InChI=1S/C14H20N2OS.ClH/c1-11(13(15)12-5-3-2-4-6-12)14(17)16-7-9-18-10-8-16;/h2-6,11,13H,7-10,15H2,1H3;1H. The number of amides is 1. The summed E-state index contributed by atoms with van der Waals surface area (Å²) in [6.45, 7) is 3.65. The van der Waals surface area contributed by atoms with Crippen LogP contribution in [0, 0.1) is 5.92 Å². The van der Waals surface area contributed by atoms with Crippen molar-refractivity contribution in [2.24, 2.45) is 11.7 Å². The van der Waals surface area contributed by atoms with E-state index in [1.165, 1.54) is 0 Å². The van der Waals surface area contributed by atoms with E-state index in [9.17, 15) is 4.79 Å². The Kier molecular flexibility index (Phi) is 6.69. The van der Waals surface area contributed by atoms with Gasteiger partial charge in [0, 0.05) is 30.6 Å². The van der Waals surface area contributed by atoms with Crippen LogP contribution in [0.2, 0.25) is 0 Å². The smallest absolute Gasteiger partial charge is 0.227 e. The molecular formula is C14H21ClN2OS. The summed E-state index contributed by atoms with van der Waals surface area (Å²) in [5.41, 5.74) is 7.23. The number of nitrogens with zero attached hydrogens (tertiary/aromatic N) is 1. The number of thioether (sulfide) groups is 1. The monoisotopic (exact) mass is 300 g/mol. The molecule has 1 aromatic rings. The second-order valence-electron chi connectivity index (χ2n) is 4.66. The van der Waals surface area contributed by atoms with Crippen LogP contribution >= 0.6 is 24.2 Å². The first-order chi connectivity index (χ1) is 8.70. The molecule has 5 heteroatoms. The van der Waals surface area contributed by atoms with Gasteiger partial charge in [-0.15, -0.1) is 12.4 Å². The van der Waals surface area contributed by atoms with Gasteiger partial charge in [0.15, 0.2) is 0 Å². The molecule has 2 N–H and O–H groups in total. The van der Waals surface area contributed by atoms with Crippen LogP contribution in [0.1, 0.15) is 18.5 Å². The average Bonchev–Trinajstić information content (AvgIpc) is 2.47. The fraction of sp³-hybridized carbons (Fsp3) is 0.500. The molecule has 3 nitrogen and oxygen atoms in total. The lowest BCUT2D eigenvalue weighted by Gasteiger charge is -2.31. The highest BCUT2D eigenvalue weighted by atomic mass is 35.5. The zero-order valence-corrected chi connectivity index (χ0v) is 12.8. The van der Waals surface area contributed by atoms with Crippen molar-refractivity contribution in [2.75, 3.05) is 24.6 Å². The maximum absolute atomic E-state index is 12.3. The van der Waals surface area contributed by atoms with E-state index in [-0.39, 0.29) is 30.3 Å².